The van der Waals surface area contributed by atoms with Crippen LogP contribution in [0.5, 0.6) is 0 Å². The molecule has 0 bridgehead atoms. The summed E-state index contributed by atoms with van der Waals surface area (Å²) in [4.78, 5) is 2.47. The van der Waals surface area contributed by atoms with E-state index in [9.17, 15) is 0 Å². The van der Waals surface area contributed by atoms with Crippen LogP contribution in [0.15, 0.2) is 224 Å². The molecule has 10 aromatic carbocycles. The Morgan fingerprint density at radius 2 is 0.867 bits per heavy atom. The quantitative estimate of drug-likeness (QED) is 0.146. The molecular formula is C59H43N. The molecule has 0 unspecified atom stereocenters. The first-order chi connectivity index (χ1) is 29.5. The van der Waals surface area contributed by atoms with Gasteiger partial charge in [-0.25, -0.2) is 0 Å². The van der Waals surface area contributed by atoms with Crippen molar-refractivity contribution in [1.82, 2.24) is 0 Å². The van der Waals surface area contributed by atoms with E-state index in [0.29, 0.717) is 0 Å². The molecule has 0 radical (unpaired) electrons. The lowest BCUT2D eigenvalue weighted by atomic mass is 9.79. The summed E-state index contributed by atoms with van der Waals surface area (Å²) in [6.07, 6.45) is 0. The van der Waals surface area contributed by atoms with Crippen LogP contribution in [-0.2, 0) is 5.41 Å². The fraction of sp³-hybridized carbons (Fsp3) is 0.0508. The van der Waals surface area contributed by atoms with Crippen molar-refractivity contribution in [2.75, 3.05) is 4.90 Å². The number of anilines is 3. The molecule has 0 heterocycles. The summed E-state index contributed by atoms with van der Waals surface area (Å²) < 4.78 is 0. The maximum Gasteiger partial charge on any atom is 0.0546 e. The topological polar surface area (TPSA) is 3.24 Å². The Morgan fingerprint density at radius 1 is 0.333 bits per heavy atom. The largest absolute Gasteiger partial charge is 0.310 e. The third-order valence-electron chi connectivity index (χ3n) is 12.7. The second kappa shape index (κ2) is 14.4. The average molecular weight is 766 g/mol. The number of rotatable bonds is 7. The van der Waals surface area contributed by atoms with Gasteiger partial charge in [0.25, 0.3) is 0 Å². The molecule has 1 heteroatoms. The van der Waals surface area contributed by atoms with Gasteiger partial charge in [-0.15, -0.1) is 0 Å². The lowest BCUT2D eigenvalue weighted by molar-refractivity contribution is 0.662. The van der Waals surface area contributed by atoms with Gasteiger partial charge in [0, 0.05) is 22.4 Å². The Balaban J connectivity index is 1.15. The fourth-order valence-electron chi connectivity index (χ4n) is 9.88. The van der Waals surface area contributed by atoms with E-state index < -0.39 is 0 Å². The molecule has 0 spiro atoms. The Kier molecular flexibility index (Phi) is 8.57. The summed E-state index contributed by atoms with van der Waals surface area (Å²) in [5.41, 5.74) is 18.3. The molecule has 0 amide bonds. The lowest BCUT2D eigenvalue weighted by Gasteiger charge is -2.30. The van der Waals surface area contributed by atoms with Crippen molar-refractivity contribution in [2.24, 2.45) is 0 Å². The van der Waals surface area contributed by atoms with Crippen molar-refractivity contribution >= 4 is 38.6 Å². The number of hydrogen-bond donors (Lipinski definition) is 0. The van der Waals surface area contributed by atoms with Gasteiger partial charge < -0.3 is 4.90 Å². The van der Waals surface area contributed by atoms with Crippen molar-refractivity contribution in [1.29, 1.82) is 0 Å². The zero-order valence-corrected chi connectivity index (χ0v) is 33.8. The molecule has 0 fully saturated rings. The molecule has 0 aromatic heterocycles. The predicted octanol–water partition coefficient (Wildman–Crippen LogP) is 16.4. The van der Waals surface area contributed by atoms with Crippen molar-refractivity contribution in [3.8, 4) is 55.6 Å². The van der Waals surface area contributed by atoms with E-state index >= 15 is 0 Å². The number of nitrogens with zero attached hydrogens (tertiary/aromatic N) is 1. The molecule has 0 N–H and O–H groups in total. The van der Waals surface area contributed by atoms with E-state index in [4.69, 9.17) is 0 Å². The monoisotopic (exact) mass is 765 g/mol. The molecule has 0 saturated carbocycles. The van der Waals surface area contributed by atoms with Crippen LogP contribution in [0.25, 0.3) is 77.2 Å². The Bertz CT molecular complexity index is 3210. The van der Waals surface area contributed by atoms with E-state index in [1.165, 1.54) is 88.3 Å². The molecule has 11 rings (SSSR count). The number of benzene rings is 10. The molecule has 60 heavy (non-hydrogen) atoms. The third-order valence-corrected chi connectivity index (χ3v) is 12.7. The van der Waals surface area contributed by atoms with Crippen molar-refractivity contribution < 1.29 is 0 Å². The third kappa shape index (κ3) is 5.85. The van der Waals surface area contributed by atoms with Gasteiger partial charge in [0.05, 0.1) is 5.69 Å². The standard InChI is InChI=1S/C59H43N/c1-59(2)55-29-14-13-24-52(55)54-28-15-27-51(58(54)59)43-33-35-45(36-34-43)60(46-37-38-49-44(39-46)32-31-42-21-9-10-22-47(42)49)56-30-16-26-50(41-19-7-4-8-20-41)57(56)53-25-12-11-23-48(53)40-17-5-3-6-18-40/h3-39H,1-2H3. The Morgan fingerprint density at radius 3 is 1.65 bits per heavy atom. The molecule has 10 aromatic rings. The average Bonchev–Trinajstić information content (AvgIpc) is 3.55. The van der Waals surface area contributed by atoms with E-state index in [1.54, 1.807) is 0 Å². The van der Waals surface area contributed by atoms with Crippen LogP contribution in [0.4, 0.5) is 17.1 Å². The number of fused-ring (bicyclic) bond motifs is 6. The summed E-state index contributed by atoms with van der Waals surface area (Å²) in [5.74, 6) is 0. The zero-order chi connectivity index (χ0) is 40.2. The normalized spacial score (nSPS) is 12.6. The predicted molar refractivity (Wildman–Crippen MR) is 255 cm³/mol. The number of hydrogen-bond acceptors (Lipinski definition) is 1. The minimum atomic E-state index is -0.110. The van der Waals surface area contributed by atoms with Gasteiger partial charge in [0.15, 0.2) is 0 Å². The lowest BCUT2D eigenvalue weighted by Crippen LogP contribution is -2.16. The smallest absolute Gasteiger partial charge is 0.0546 e. The zero-order valence-electron chi connectivity index (χ0n) is 33.8. The van der Waals surface area contributed by atoms with Gasteiger partial charge in [-0.3, -0.25) is 0 Å². The summed E-state index contributed by atoms with van der Waals surface area (Å²) in [7, 11) is 0. The minimum Gasteiger partial charge on any atom is -0.310 e. The molecule has 0 atom stereocenters. The highest BCUT2D eigenvalue weighted by Gasteiger charge is 2.37. The Labute approximate surface area is 352 Å². The van der Waals surface area contributed by atoms with Gasteiger partial charge in [-0.2, -0.15) is 0 Å². The van der Waals surface area contributed by atoms with Gasteiger partial charge >= 0.3 is 0 Å². The SMILES string of the molecule is CC1(C)c2ccccc2-c2cccc(-c3ccc(N(c4ccc5c(ccc6ccccc65)c4)c4cccc(-c5ccccc5)c4-c4ccccc4-c4ccccc4)cc3)c21. The van der Waals surface area contributed by atoms with E-state index in [0.717, 1.165) is 17.1 Å². The first-order valence-electron chi connectivity index (χ1n) is 20.9. The first kappa shape index (κ1) is 35.7. The van der Waals surface area contributed by atoms with Crippen LogP contribution in [-0.4, -0.2) is 0 Å². The van der Waals surface area contributed by atoms with Crippen LogP contribution >= 0.6 is 0 Å². The van der Waals surface area contributed by atoms with Crippen molar-refractivity contribution in [2.45, 2.75) is 19.3 Å². The molecule has 0 saturated heterocycles. The summed E-state index contributed by atoms with van der Waals surface area (Å²) >= 11 is 0. The van der Waals surface area contributed by atoms with Gasteiger partial charge in [0.2, 0.25) is 0 Å². The molecule has 1 nitrogen and oxygen atoms in total. The fourth-order valence-corrected chi connectivity index (χ4v) is 9.88. The summed E-state index contributed by atoms with van der Waals surface area (Å²) in [6.45, 7) is 4.74. The van der Waals surface area contributed by atoms with Crippen molar-refractivity contribution in [3.05, 3.63) is 236 Å². The highest BCUT2D eigenvalue weighted by atomic mass is 15.1. The van der Waals surface area contributed by atoms with E-state index in [-0.39, 0.29) is 5.41 Å². The van der Waals surface area contributed by atoms with Crippen LogP contribution in [0, 0.1) is 0 Å². The van der Waals surface area contributed by atoms with Crippen LogP contribution < -0.4 is 4.90 Å². The molecule has 284 valence electrons. The van der Waals surface area contributed by atoms with E-state index in [2.05, 4.69) is 243 Å². The second-order valence-corrected chi connectivity index (χ2v) is 16.5. The van der Waals surface area contributed by atoms with Gasteiger partial charge in [0.1, 0.15) is 0 Å². The molecular weight excluding hydrogens is 723 g/mol. The van der Waals surface area contributed by atoms with Gasteiger partial charge in [-0.05, 0) is 113 Å². The molecule has 1 aliphatic carbocycles. The second-order valence-electron chi connectivity index (χ2n) is 16.5. The van der Waals surface area contributed by atoms with Crippen LogP contribution in [0.2, 0.25) is 0 Å². The Hall–Kier alpha value is -7.48. The molecule has 1 aliphatic rings. The van der Waals surface area contributed by atoms with Crippen LogP contribution in [0.1, 0.15) is 25.0 Å². The maximum absolute atomic E-state index is 2.47. The summed E-state index contributed by atoms with van der Waals surface area (Å²) in [6, 6.07) is 82.4. The van der Waals surface area contributed by atoms with Gasteiger partial charge in [-0.1, -0.05) is 208 Å². The van der Waals surface area contributed by atoms with Crippen molar-refractivity contribution in [3.63, 3.8) is 0 Å². The van der Waals surface area contributed by atoms with E-state index in [1.807, 2.05) is 0 Å². The molecule has 0 aliphatic heterocycles. The summed E-state index contributed by atoms with van der Waals surface area (Å²) in [5, 5.41) is 4.97. The maximum atomic E-state index is 2.47. The first-order valence-corrected chi connectivity index (χ1v) is 20.9. The highest BCUT2D eigenvalue weighted by molar-refractivity contribution is 6.09. The minimum absolute atomic E-state index is 0.110. The van der Waals surface area contributed by atoms with Crippen LogP contribution in [0.3, 0.4) is 0 Å². The highest BCUT2D eigenvalue weighted by Crippen LogP contribution is 2.53.